The van der Waals surface area contributed by atoms with Gasteiger partial charge < -0.3 is 10.7 Å². The standard InChI is InChI=1S/C12H13N3O/c1-8-2-4-9(5-3-8)11-14-7-10(6-13)12(16)15-11/h2-5,7H,6,13H2,1H3,(H,14,15,16). The highest BCUT2D eigenvalue weighted by Crippen LogP contribution is 2.13. The Hall–Kier alpha value is -1.94. The van der Waals surface area contributed by atoms with Crippen LogP contribution in [0.3, 0.4) is 0 Å². The van der Waals surface area contributed by atoms with Crippen molar-refractivity contribution in [2.45, 2.75) is 13.5 Å². The SMILES string of the molecule is Cc1ccc(-c2ncc(CN)c(=O)[nH]2)cc1. The predicted molar refractivity (Wildman–Crippen MR) is 62.9 cm³/mol. The van der Waals surface area contributed by atoms with Crippen molar-refractivity contribution in [3.63, 3.8) is 0 Å². The normalized spacial score (nSPS) is 10.4. The number of benzene rings is 1. The largest absolute Gasteiger partial charge is 0.326 e. The van der Waals surface area contributed by atoms with E-state index in [1.807, 2.05) is 31.2 Å². The average Bonchev–Trinajstić information content (AvgIpc) is 2.30. The third-order valence-electron chi connectivity index (χ3n) is 2.42. The zero-order chi connectivity index (χ0) is 11.5. The van der Waals surface area contributed by atoms with E-state index in [1.165, 1.54) is 11.8 Å². The molecular formula is C12H13N3O. The number of H-pyrrole nitrogens is 1. The van der Waals surface area contributed by atoms with Crippen LogP contribution in [0.4, 0.5) is 0 Å². The maximum absolute atomic E-state index is 11.5. The minimum atomic E-state index is -0.173. The second-order valence-electron chi connectivity index (χ2n) is 3.66. The smallest absolute Gasteiger partial charge is 0.255 e. The summed E-state index contributed by atoms with van der Waals surface area (Å²) in [6, 6.07) is 7.81. The molecule has 0 saturated heterocycles. The van der Waals surface area contributed by atoms with Gasteiger partial charge in [-0.05, 0) is 6.92 Å². The Labute approximate surface area is 93.2 Å². The number of aromatic amines is 1. The molecule has 1 heterocycles. The molecule has 1 aromatic carbocycles. The molecule has 4 heteroatoms. The van der Waals surface area contributed by atoms with Crippen LogP contribution in [0, 0.1) is 6.92 Å². The van der Waals surface area contributed by atoms with Gasteiger partial charge in [-0.3, -0.25) is 4.79 Å². The van der Waals surface area contributed by atoms with Gasteiger partial charge in [-0.25, -0.2) is 4.98 Å². The monoisotopic (exact) mass is 215 g/mol. The van der Waals surface area contributed by atoms with Crippen molar-refractivity contribution < 1.29 is 0 Å². The molecule has 0 fully saturated rings. The number of nitrogens with two attached hydrogens (primary N) is 1. The molecule has 82 valence electrons. The summed E-state index contributed by atoms with van der Waals surface area (Å²) < 4.78 is 0. The van der Waals surface area contributed by atoms with Crippen LogP contribution in [0.1, 0.15) is 11.1 Å². The summed E-state index contributed by atoms with van der Waals surface area (Å²) in [5.74, 6) is 0.571. The molecule has 0 bridgehead atoms. The highest BCUT2D eigenvalue weighted by atomic mass is 16.1. The lowest BCUT2D eigenvalue weighted by atomic mass is 10.1. The third-order valence-corrected chi connectivity index (χ3v) is 2.42. The maximum Gasteiger partial charge on any atom is 0.255 e. The molecule has 0 unspecified atom stereocenters. The highest BCUT2D eigenvalue weighted by Gasteiger charge is 2.02. The molecule has 0 aliphatic heterocycles. The van der Waals surface area contributed by atoms with E-state index in [-0.39, 0.29) is 12.1 Å². The fraction of sp³-hybridized carbons (Fsp3) is 0.167. The van der Waals surface area contributed by atoms with Crippen molar-refractivity contribution in [3.8, 4) is 11.4 Å². The molecule has 2 rings (SSSR count). The lowest BCUT2D eigenvalue weighted by Crippen LogP contribution is -2.17. The third kappa shape index (κ3) is 2.01. The van der Waals surface area contributed by atoms with E-state index in [4.69, 9.17) is 5.73 Å². The molecule has 0 aliphatic carbocycles. The van der Waals surface area contributed by atoms with Crippen LogP contribution in [-0.2, 0) is 6.54 Å². The molecule has 0 radical (unpaired) electrons. The van der Waals surface area contributed by atoms with Crippen LogP contribution in [0.25, 0.3) is 11.4 Å². The Balaban J connectivity index is 2.45. The van der Waals surface area contributed by atoms with Gasteiger partial charge in [0.2, 0.25) is 0 Å². The molecule has 3 N–H and O–H groups in total. The molecule has 1 aromatic heterocycles. The van der Waals surface area contributed by atoms with Crippen molar-refractivity contribution in [2.75, 3.05) is 0 Å². The Kier molecular flexibility index (Phi) is 2.83. The zero-order valence-corrected chi connectivity index (χ0v) is 9.03. The number of hydrogen-bond acceptors (Lipinski definition) is 3. The van der Waals surface area contributed by atoms with Crippen molar-refractivity contribution in [1.29, 1.82) is 0 Å². The van der Waals surface area contributed by atoms with E-state index in [0.717, 1.165) is 5.56 Å². The molecule has 16 heavy (non-hydrogen) atoms. The van der Waals surface area contributed by atoms with Gasteiger partial charge in [-0.15, -0.1) is 0 Å². The first kappa shape index (κ1) is 10.6. The van der Waals surface area contributed by atoms with Crippen LogP contribution >= 0.6 is 0 Å². The molecule has 2 aromatic rings. The molecule has 0 atom stereocenters. The second-order valence-corrected chi connectivity index (χ2v) is 3.66. The Bertz CT molecular complexity index is 543. The second kappa shape index (κ2) is 4.28. The van der Waals surface area contributed by atoms with E-state index in [1.54, 1.807) is 0 Å². The summed E-state index contributed by atoms with van der Waals surface area (Å²) in [6.07, 6.45) is 1.52. The van der Waals surface area contributed by atoms with E-state index >= 15 is 0 Å². The van der Waals surface area contributed by atoms with Gasteiger partial charge in [0.15, 0.2) is 0 Å². The van der Waals surface area contributed by atoms with Gasteiger partial charge in [-0.1, -0.05) is 29.8 Å². The molecular weight excluding hydrogens is 202 g/mol. The lowest BCUT2D eigenvalue weighted by molar-refractivity contribution is 0.979. The molecule has 4 nitrogen and oxygen atoms in total. The van der Waals surface area contributed by atoms with Gasteiger partial charge in [0.1, 0.15) is 5.82 Å². The summed E-state index contributed by atoms with van der Waals surface area (Å²) in [5.41, 5.74) is 7.79. The Morgan fingerprint density at radius 1 is 1.31 bits per heavy atom. The van der Waals surface area contributed by atoms with Crippen LogP contribution < -0.4 is 11.3 Å². The first-order chi connectivity index (χ1) is 7.70. The molecule has 0 amide bonds. The fourth-order valence-electron chi connectivity index (χ4n) is 1.42. The van der Waals surface area contributed by atoms with Gasteiger partial charge >= 0.3 is 0 Å². The fourth-order valence-corrected chi connectivity index (χ4v) is 1.42. The highest BCUT2D eigenvalue weighted by molar-refractivity contribution is 5.54. The predicted octanol–water partition coefficient (Wildman–Crippen LogP) is 1.20. The topological polar surface area (TPSA) is 71.8 Å². The number of nitrogens with one attached hydrogen (secondary N) is 1. The minimum absolute atomic E-state index is 0.173. The van der Waals surface area contributed by atoms with E-state index < -0.39 is 0 Å². The number of aryl methyl sites for hydroxylation is 1. The number of nitrogens with zero attached hydrogens (tertiary/aromatic N) is 1. The van der Waals surface area contributed by atoms with Crippen LogP contribution in [0.15, 0.2) is 35.3 Å². The summed E-state index contributed by atoms with van der Waals surface area (Å²) in [7, 11) is 0. The summed E-state index contributed by atoms with van der Waals surface area (Å²) in [6.45, 7) is 2.22. The van der Waals surface area contributed by atoms with E-state index in [9.17, 15) is 4.79 Å². The van der Waals surface area contributed by atoms with Crippen molar-refractivity contribution in [1.82, 2.24) is 9.97 Å². The van der Waals surface area contributed by atoms with Gasteiger partial charge in [0.05, 0.1) is 0 Å². The molecule has 0 saturated carbocycles. The summed E-state index contributed by atoms with van der Waals surface area (Å²) >= 11 is 0. The Morgan fingerprint density at radius 3 is 2.56 bits per heavy atom. The van der Waals surface area contributed by atoms with Crippen LogP contribution in [0.5, 0.6) is 0 Å². The average molecular weight is 215 g/mol. The lowest BCUT2D eigenvalue weighted by Gasteiger charge is -2.02. The zero-order valence-electron chi connectivity index (χ0n) is 9.03. The van der Waals surface area contributed by atoms with Crippen LogP contribution in [-0.4, -0.2) is 9.97 Å². The quantitative estimate of drug-likeness (QED) is 0.790. The van der Waals surface area contributed by atoms with Crippen molar-refractivity contribution in [2.24, 2.45) is 5.73 Å². The molecule has 0 aliphatic rings. The van der Waals surface area contributed by atoms with E-state index in [0.29, 0.717) is 11.4 Å². The van der Waals surface area contributed by atoms with Crippen molar-refractivity contribution in [3.05, 3.63) is 51.9 Å². The van der Waals surface area contributed by atoms with Crippen molar-refractivity contribution >= 4 is 0 Å². The number of rotatable bonds is 2. The maximum atomic E-state index is 11.5. The first-order valence-corrected chi connectivity index (χ1v) is 5.06. The van der Waals surface area contributed by atoms with Crippen LogP contribution in [0.2, 0.25) is 0 Å². The number of hydrogen-bond donors (Lipinski definition) is 2. The van der Waals surface area contributed by atoms with E-state index in [2.05, 4.69) is 9.97 Å². The molecule has 0 spiro atoms. The summed E-state index contributed by atoms with van der Waals surface area (Å²) in [4.78, 5) is 18.4. The van der Waals surface area contributed by atoms with Gasteiger partial charge in [0.25, 0.3) is 5.56 Å². The van der Waals surface area contributed by atoms with Gasteiger partial charge in [-0.2, -0.15) is 0 Å². The first-order valence-electron chi connectivity index (χ1n) is 5.06. The van der Waals surface area contributed by atoms with Gasteiger partial charge in [0, 0.05) is 23.9 Å². The number of aromatic nitrogens is 2. The summed E-state index contributed by atoms with van der Waals surface area (Å²) in [5, 5.41) is 0. The minimum Gasteiger partial charge on any atom is -0.326 e. The Morgan fingerprint density at radius 2 is 2.00 bits per heavy atom.